The maximum atomic E-state index is 12.0. The monoisotopic (exact) mass is 275 g/mol. The van der Waals surface area contributed by atoms with Gasteiger partial charge in [-0.15, -0.1) is 0 Å². The second-order valence-corrected chi connectivity index (χ2v) is 5.84. The molecule has 4 nitrogen and oxygen atoms in total. The van der Waals surface area contributed by atoms with Gasteiger partial charge in [-0.05, 0) is 38.0 Å². The van der Waals surface area contributed by atoms with Crippen molar-refractivity contribution in [2.45, 2.75) is 33.2 Å². The molecule has 1 saturated heterocycles. The van der Waals surface area contributed by atoms with Crippen LogP contribution < -0.4 is 10.6 Å². The van der Waals surface area contributed by atoms with Crippen LogP contribution >= 0.6 is 0 Å². The summed E-state index contributed by atoms with van der Waals surface area (Å²) in [6.07, 6.45) is 0.448. The Morgan fingerprint density at radius 2 is 1.90 bits per heavy atom. The zero-order valence-electron chi connectivity index (χ0n) is 12.7. The normalized spacial score (nSPS) is 17.2. The highest BCUT2D eigenvalue weighted by atomic mass is 16.2. The van der Waals surface area contributed by atoms with E-state index in [9.17, 15) is 4.79 Å². The van der Waals surface area contributed by atoms with Gasteiger partial charge in [0.25, 0.3) is 0 Å². The Kier molecular flexibility index (Phi) is 4.65. The van der Waals surface area contributed by atoms with E-state index in [2.05, 4.69) is 36.9 Å². The predicted molar refractivity (Wildman–Crippen MR) is 83.0 cm³/mol. The molecule has 1 amide bonds. The van der Waals surface area contributed by atoms with E-state index in [0.717, 1.165) is 26.2 Å². The van der Waals surface area contributed by atoms with Gasteiger partial charge in [0.15, 0.2) is 0 Å². The Hall–Kier alpha value is -1.55. The smallest absolute Gasteiger partial charge is 0.224 e. The van der Waals surface area contributed by atoms with E-state index < -0.39 is 0 Å². The summed E-state index contributed by atoms with van der Waals surface area (Å²) >= 11 is 0. The Morgan fingerprint density at radius 1 is 1.25 bits per heavy atom. The van der Waals surface area contributed by atoms with Crippen LogP contribution in [0.5, 0.6) is 0 Å². The first-order valence-corrected chi connectivity index (χ1v) is 7.33. The first-order valence-electron chi connectivity index (χ1n) is 7.33. The molecular formula is C16H25N3O. The van der Waals surface area contributed by atoms with Gasteiger partial charge in [-0.3, -0.25) is 4.79 Å². The first kappa shape index (κ1) is 14.9. The Labute approximate surface area is 121 Å². The van der Waals surface area contributed by atoms with Crippen molar-refractivity contribution >= 4 is 11.6 Å². The predicted octanol–water partition coefficient (Wildman–Crippen LogP) is 1.69. The third-order valence-electron chi connectivity index (χ3n) is 3.83. The van der Waals surface area contributed by atoms with Gasteiger partial charge in [0, 0.05) is 44.3 Å². The number of hydrogen-bond donors (Lipinski definition) is 1. The number of rotatable bonds is 3. The largest absolute Gasteiger partial charge is 0.368 e. The number of benzene rings is 1. The van der Waals surface area contributed by atoms with Crippen molar-refractivity contribution < 1.29 is 4.79 Å². The summed E-state index contributed by atoms with van der Waals surface area (Å²) in [5.41, 5.74) is 9.57. The van der Waals surface area contributed by atoms with Gasteiger partial charge >= 0.3 is 0 Å². The van der Waals surface area contributed by atoms with Crippen molar-refractivity contribution in [1.29, 1.82) is 0 Å². The van der Waals surface area contributed by atoms with Crippen LogP contribution in [-0.2, 0) is 4.79 Å². The third-order valence-corrected chi connectivity index (χ3v) is 3.83. The number of aryl methyl sites for hydroxylation is 2. The number of piperazine rings is 1. The Bertz CT molecular complexity index is 477. The van der Waals surface area contributed by atoms with E-state index in [1.165, 1.54) is 16.8 Å². The molecule has 4 heteroatoms. The molecule has 0 radical (unpaired) electrons. The minimum atomic E-state index is -0.0560. The average molecular weight is 275 g/mol. The molecule has 110 valence electrons. The van der Waals surface area contributed by atoms with Crippen LogP contribution in [0, 0.1) is 13.8 Å². The number of hydrogen-bond acceptors (Lipinski definition) is 3. The Morgan fingerprint density at radius 3 is 2.50 bits per heavy atom. The van der Waals surface area contributed by atoms with Crippen LogP contribution in [-0.4, -0.2) is 43.0 Å². The second kappa shape index (κ2) is 6.27. The standard InChI is InChI=1S/C16H25N3O/c1-12-4-5-13(2)15(10-12)18-6-8-19(9-7-18)16(20)11-14(3)17/h4-5,10,14H,6-9,11,17H2,1-3H3. The fourth-order valence-electron chi connectivity index (χ4n) is 2.66. The Balaban J connectivity index is 1.97. The van der Waals surface area contributed by atoms with Gasteiger partial charge < -0.3 is 15.5 Å². The van der Waals surface area contributed by atoms with Crippen LogP contribution in [0.4, 0.5) is 5.69 Å². The molecule has 0 aromatic heterocycles. The lowest BCUT2D eigenvalue weighted by atomic mass is 10.1. The van der Waals surface area contributed by atoms with Gasteiger partial charge in [0.2, 0.25) is 5.91 Å². The van der Waals surface area contributed by atoms with Crippen LogP contribution in [0.3, 0.4) is 0 Å². The fourth-order valence-corrected chi connectivity index (χ4v) is 2.66. The molecule has 1 fully saturated rings. The quantitative estimate of drug-likeness (QED) is 0.913. The van der Waals surface area contributed by atoms with Crippen molar-refractivity contribution in [1.82, 2.24) is 4.90 Å². The van der Waals surface area contributed by atoms with E-state index >= 15 is 0 Å². The van der Waals surface area contributed by atoms with E-state index in [1.807, 2.05) is 11.8 Å². The summed E-state index contributed by atoms with van der Waals surface area (Å²) in [4.78, 5) is 16.3. The molecule has 2 N–H and O–H groups in total. The lowest BCUT2D eigenvalue weighted by molar-refractivity contribution is -0.131. The van der Waals surface area contributed by atoms with Crippen molar-refractivity contribution in [3.63, 3.8) is 0 Å². The molecule has 1 aliphatic heterocycles. The highest BCUT2D eigenvalue weighted by molar-refractivity contribution is 5.77. The number of carbonyl (C=O) groups is 1. The maximum Gasteiger partial charge on any atom is 0.224 e. The summed E-state index contributed by atoms with van der Waals surface area (Å²) in [7, 11) is 0. The van der Waals surface area contributed by atoms with Gasteiger partial charge in [-0.25, -0.2) is 0 Å². The van der Waals surface area contributed by atoms with E-state index in [-0.39, 0.29) is 11.9 Å². The van der Waals surface area contributed by atoms with Crippen molar-refractivity contribution in [3.05, 3.63) is 29.3 Å². The number of anilines is 1. The minimum Gasteiger partial charge on any atom is -0.368 e. The highest BCUT2D eigenvalue weighted by Gasteiger charge is 2.22. The number of nitrogens with zero attached hydrogens (tertiary/aromatic N) is 2. The van der Waals surface area contributed by atoms with Crippen LogP contribution in [0.15, 0.2) is 18.2 Å². The zero-order valence-corrected chi connectivity index (χ0v) is 12.7. The van der Waals surface area contributed by atoms with Gasteiger partial charge in [0.1, 0.15) is 0 Å². The number of amides is 1. The summed E-state index contributed by atoms with van der Waals surface area (Å²) in [5.74, 6) is 0.181. The average Bonchev–Trinajstić information content (AvgIpc) is 2.41. The lowest BCUT2D eigenvalue weighted by Gasteiger charge is -2.37. The summed E-state index contributed by atoms with van der Waals surface area (Å²) < 4.78 is 0. The molecule has 1 atom stereocenters. The van der Waals surface area contributed by atoms with Gasteiger partial charge in [-0.1, -0.05) is 12.1 Å². The van der Waals surface area contributed by atoms with Gasteiger partial charge in [-0.2, -0.15) is 0 Å². The minimum absolute atomic E-state index is 0.0560. The fraction of sp³-hybridized carbons (Fsp3) is 0.562. The molecule has 20 heavy (non-hydrogen) atoms. The topological polar surface area (TPSA) is 49.6 Å². The number of nitrogens with two attached hydrogens (primary N) is 1. The molecule has 2 rings (SSSR count). The zero-order chi connectivity index (χ0) is 14.7. The molecular weight excluding hydrogens is 250 g/mol. The van der Waals surface area contributed by atoms with E-state index in [0.29, 0.717) is 6.42 Å². The van der Waals surface area contributed by atoms with Gasteiger partial charge in [0.05, 0.1) is 0 Å². The lowest BCUT2D eigenvalue weighted by Crippen LogP contribution is -2.49. The SMILES string of the molecule is Cc1ccc(C)c(N2CCN(C(=O)CC(C)N)CC2)c1. The maximum absolute atomic E-state index is 12.0. The first-order chi connectivity index (χ1) is 9.47. The highest BCUT2D eigenvalue weighted by Crippen LogP contribution is 2.22. The molecule has 0 spiro atoms. The van der Waals surface area contributed by atoms with Crippen LogP contribution in [0.2, 0.25) is 0 Å². The van der Waals surface area contributed by atoms with Crippen molar-refractivity contribution in [3.8, 4) is 0 Å². The molecule has 0 saturated carbocycles. The summed E-state index contributed by atoms with van der Waals surface area (Å²) in [5, 5.41) is 0. The molecule has 0 aliphatic carbocycles. The van der Waals surface area contributed by atoms with Crippen molar-refractivity contribution in [2.24, 2.45) is 5.73 Å². The number of carbonyl (C=O) groups excluding carboxylic acids is 1. The molecule has 1 aromatic carbocycles. The molecule has 1 aliphatic rings. The molecule has 1 unspecified atom stereocenters. The van der Waals surface area contributed by atoms with Crippen LogP contribution in [0.25, 0.3) is 0 Å². The molecule has 1 heterocycles. The molecule has 1 aromatic rings. The van der Waals surface area contributed by atoms with Crippen LogP contribution in [0.1, 0.15) is 24.5 Å². The van der Waals surface area contributed by atoms with E-state index in [1.54, 1.807) is 0 Å². The third kappa shape index (κ3) is 3.51. The summed E-state index contributed by atoms with van der Waals surface area (Å²) in [6.45, 7) is 9.51. The summed E-state index contributed by atoms with van der Waals surface area (Å²) in [6, 6.07) is 6.48. The van der Waals surface area contributed by atoms with E-state index in [4.69, 9.17) is 5.73 Å². The second-order valence-electron chi connectivity index (χ2n) is 5.84. The molecule has 0 bridgehead atoms. The van der Waals surface area contributed by atoms with Crippen molar-refractivity contribution in [2.75, 3.05) is 31.1 Å².